The van der Waals surface area contributed by atoms with Crippen LogP contribution in [0.1, 0.15) is 23.0 Å². The van der Waals surface area contributed by atoms with Gasteiger partial charge in [0.25, 0.3) is 0 Å². The third-order valence-corrected chi connectivity index (χ3v) is 3.07. The van der Waals surface area contributed by atoms with Gasteiger partial charge in [0.1, 0.15) is 11.4 Å². The molecule has 0 fully saturated rings. The smallest absolute Gasteiger partial charge is 0.208 e. The summed E-state index contributed by atoms with van der Waals surface area (Å²) in [7, 11) is 0. The third-order valence-electron chi connectivity index (χ3n) is 3.07. The zero-order valence-electron chi connectivity index (χ0n) is 11.1. The lowest BCUT2D eigenvalue weighted by Gasteiger charge is -1.97. The molecule has 3 aromatic heterocycles. The molecule has 98 valence electrons. The molecule has 0 saturated carbocycles. The molecule has 19 heavy (non-hydrogen) atoms. The quantitative estimate of drug-likeness (QED) is 0.777. The Morgan fingerprint density at radius 2 is 2.11 bits per heavy atom. The van der Waals surface area contributed by atoms with E-state index in [1.807, 2.05) is 48.8 Å². The minimum atomic E-state index is 0.614. The Hall–Kier alpha value is -2.14. The second-order valence-corrected chi connectivity index (χ2v) is 4.55. The van der Waals surface area contributed by atoms with Crippen LogP contribution in [-0.2, 0) is 13.1 Å². The van der Waals surface area contributed by atoms with Crippen LogP contribution in [0.25, 0.3) is 5.65 Å². The van der Waals surface area contributed by atoms with Crippen molar-refractivity contribution in [3.63, 3.8) is 0 Å². The Morgan fingerprint density at radius 1 is 1.21 bits per heavy atom. The number of oxazole rings is 1. The van der Waals surface area contributed by atoms with Crippen LogP contribution < -0.4 is 5.32 Å². The fourth-order valence-corrected chi connectivity index (χ4v) is 1.98. The highest BCUT2D eigenvalue weighted by atomic mass is 16.4. The van der Waals surface area contributed by atoms with Crippen LogP contribution in [0.2, 0.25) is 0 Å². The van der Waals surface area contributed by atoms with Crippen LogP contribution in [-0.4, -0.2) is 14.4 Å². The molecule has 0 saturated heterocycles. The summed E-state index contributed by atoms with van der Waals surface area (Å²) in [6.45, 7) is 5.18. The van der Waals surface area contributed by atoms with Crippen LogP contribution in [0.15, 0.2) is 35.0 Å². The van der Waals surface area contributed by atoms with Gasteiger partial charge < -0.3 is 14.1 Å². The summed E-state index contributed by atoms with van der Waals surface area (Å²) < 4.78 is 7.52. The summed E-state index contributed by atoms with van der Waals surface area (Å²) in [6.07, 6.45) is 4.01. The first-order valence-electron chi connectivity index (χ1n) is 6.28. The number of nitrogens with zero attached hydrogens (tertiary/aromatic N) is 3. The van der Waals surface area contributed by atoms with Crippen LogP contribution in [0, 0.1) is 13.8 Å². The monoisotopic (exact) mass is 256 g/mol. The minimum absolute atomic E-state index is 0.614. The van der Waals surface area contributed by atoms with Crippen molar-refractivity contribution in [3.8, 4) is 0 Å². The second kappa shape index (κ2) is 4.85. The molecular formula is C14H16N4O. The highest BCUT2D eigenvalue weighted by Crippen LogP contribution is 2.08. The molecule has 0 aliphatic heterocycles. The van der Waals surface area contributed by atoms with Crippen LogP contribution in [0.4, 0.5) is 0 Å². The molecule has 3 heterocycles. The predicted molar refractivity (Wildman–Crippen MR) is 71.7 cm³/mol. The van der Waals surface area contributed by atoms with Gasteiger partial charge in [-0.05, 0) is 26.0 Å². The number of hydrogen-bond acceptors (Lipinski definition) is 4. The van der Waals surface area contributed by atoms with Crippen LogP contribution >= 0.6 is 0 Å². The van der Waals surface area contributed by atoms with Gasteiger partial charge in [0.2, 0.25) is 5.89 Å². The maximum Gasteiger partial charge on any atom is 0.208 e. The summed E-state index contributed by atoms with van der Waals surface area (Å²) >= 11 is 0. The summed E-state index contributed by atoms with van der Waals surface area (Å²) in [4.78, 5) is 8.85. The summed E-state index contributed by atoms with van der Waals surface area (Å²) in [5, 5.41) is 3.29. The molecule has 0 aliphatic rings. The van der Waals surface area contributed by atoms with E-state index in [0.29, 0.717) is 13.1 Å². The average molecular weight is 256 g/mol. The minimum Gasteiger partial charge on any atom is -0.444 e. The van der Waals surface area contributed by atoms with E-state index in [1.54, 1.807) is 0 Å². The molecule has 5 heteroatoms. The van der Waals surface area contributed by atoms with Crippen molar-refractivity contribution in [1.82, 2.24) is 19.7 Å². The number of aromatic nitrogens is 3. The summed E-state index contributed by atoms with van der Waals surface area (Å²) in [6, 6.07) is 5.96. The average Bonchev–Trinajstić information content (AvgIpc) is 2.93. The molecule has 0 radical (unpaired) electrons. The highest BCUT2D eigenvalue weighted by Gasteiger charge is 2.05. The third kappa shape index (κ3) is 2.51. The van der Waals surface area contributed by atoms with Gasteiger partial charge in [-0.25, -0.2) is 9.97 Å². The van der Waals surface area contributed by atoms with E-state index < -0.39 is 0 Å². The molecule has 0 aromatic carbocycles. The van der Waals surface area contributed by atoms with E-state index in [-0.39, 0.29) is 0 Å². The standard InChI is InChI=1S/C14H16N4O/c1-10-11(2)19-14(16-10)8-15-7-12-9-18-6-4-3-5-13(18)17-12/h3-6,9,15H,7-8H2,1-2H3. The van der Waals surface area contributed by atoms with Crippen molar-refractivity contribution >= 4 is 5.65 Å². The van der Waals surface area contributed by atoms with Crippen molar-refractivity contribution < 1.29 is 4.42 Å². The largest absolute Gasteiger partial charge is 0.444 e. The molecule has 3 aromatic rings. The van der Waals surface area contributed by atoms with Crippen LogP contribution in [0.5, 0.6) is 0 Å². The van der Waals surface area contributed by atoms with Gasteiger partial charge in [-0.3, -0.25) is 0 Å². The van der Waals surface area contributed by atoms with E-state index in [9.17, 15) is 0 Å². The lowest BCUT2D eigenvalue weighted by Crippen LogP contribution is -2.13. The molecule has 0 amide bonds. The molecule has 0 unspecified atom stereocenters. The van der Waals surface area contributed by atoms with E-state index in [1.165, 1.54) is 0 Å². The predicted octanol–water partition coefficient (Wildman–Crippen LogP) is 2.23. The fourth-order valence-electron chi connectivity index (χ4n) is 1.98. The number of aryl methyl sites for hydroxylation is 2. The summed E-state index contributed by atoms with van der Waals surface area (Å²) in [5.41, 5.74) is 2.91. The summed E-state index contributed by atoms with van der Waals surface area (Å²) in [5.74, 6) is 1.60. The zero-order valence-corrected chi connectivity index (χ0v) is 11.1. The van der Waals surface area contributed by atoms with Gasteiger partial charge in [-0.1, -0.05) is 6.07 Å². The van der Waals surface area contributed by atoms with Gasteiger partial charge in [-0.15, -0.1) is 0 Å². The van der Waals surface area contributed by atoms with Crippen molar-refractivity contribution in [2.75, 3.05) is 0 Å². The Kier molecular flexibility index (Phi) is 3.05. The van der Waals surface area contributed by atoms with Gasteiger partial charge in [0.15, 0.2) is 0 Å². The van der Waals surface area contributed by atoms with E-state index in [2.05, 4.69) is 15.3 Å². The Balaban J connectivity index is 1.63. The molecule has 0 aliphatic carbocycles. The molecule has 1 N–H and O–H groups in total. The second-order valence-electron chi connectivity index (χ2n) is 4.55. The fraction of sp³-hybridized carbons (Fsp3) is 0.286. The number of nitrogens with one attached hydrogen (secondary N) is 1. The number of imidazole rings is 1. The lowest BCUT2D eigenvalue weighted by molar-refractivity contribution is 0.448. The van der Waals surface area contributed by atoms with E-state index >= 15 is 0 Å². The highest BCUT2D eigenvalue weighted by molar-refractivity contribution is 5.39. The number of rotatable bonds is 4. The molecule has 5 nitrogen and oxygen atoms in total. The van der Waals surface area contributed by atoms with Gasteiger partial charge in [0.05, 0.1) is 17.9 Å². The first kappa shape index (κ1) is 11.9. The Morgan fingerprint density at radius 3 is 2.84 bits per heavy atom. The van der Waals surface area contributed by atoms with E-state index in [4.69, 9.17) is 4.42 Å². The lowest BCUT2D eigenvalue weighted by atomic mass is 10.4. The first-order chi connectivity index (χ1) is 9.22. The topological polar surface area (TPSA) is 55.4 Å². The molecule has 0 bridgehead atoms. The van der Waals surface area contributed by atoms with Gasteiger partial charge in [-0.2, -0.15) is 0 Å². The first-order valence-corrected chi connectivity index (χ1v) is 6.28. The van der Waals surface area contributed by atoms with Gasteiger partial charge in [0, 0.05) is 18.9 Å². The molecule has 3 rings (SSSR count). The Labute approximate surface area is 111 Å². The number of hydrogen-bond donors (Lipinski definition) is 1. The number of pyridine rings is 1. The van der Waals surface area contributed by atoms with Crippen molar-refractivity contribution in [3.05, 3.63) is 53.6 Å². The Bertz CT molecular complexity index is 646. The number of fused-ring (bicyclic) bond motifs is 1. The zero-order chi connectivity index (χ0) is 13.2. The van der Waals surface area contributed by atoms with Crippen molar-refractivity contribution in [2.45, 2.75) is 26.9 Å². The van der Waals surface area contributed by atoms with Crippen molar-refractivity contribution in [1.29, 1.82) is 0 Å². The van der Waals surface area contributed by atoms with E-state index in [0.717, 1.165) is 28.7 Å². The maximum atomic E-state index is 5.51. The molecule has 0 spiro atoms. The van der Waals surface area contributed by atoms with Crippen molar-refractivity contribution in [2.24, 2.45) is 0 Å². The maximum absolute atomic E-state index is 5.51. The normalized spacial score (nSPS) is 11.3. The SMILES string of the molecule is Cc1nc(CNCc2cn3ccccc3n2)oc1C. The van der Waals surface area contributed by atoms with Gasteiger partial charge >= 0.3 is 0 Å². The molecule has 0 atom stereocenters. The molecular weight excluding hydrogens is 240 g/mol. The van der Waals surface area contributed by atoms with Crippen LogP contribution in [0.3, 0.4) is 0 Å².